The Kier molecular flexibility index (Phi) is 3.67. The summed E-state index contributed by atoms with van der Waals surface area (Å²) in [5.74, 6) is -1.41. The number of nitrogens with zero attached hydrogens (tertiary/aromatic N) is 2. The molecule has 4 nitrogen and oxygen atoms in total. The van der Waals surface area contributed by atoms with Crippen LogP contribution in [0.2, 0.25) is 5.02 Å². The van der Waals surface area contributed by atoms with Crippen molar-refractivity contribution in [3.8, 4) is 0 Å². The van der Waals surface area contributed by atoms with Gasteiger partial charge in [-0.1, -0.05) is 11.6 Å². The van der Waals surface area contributed by atoms with Gasteiger partial charge in [0.1, 0.15) is 0 Å². The maximum Gasteiger partial charge on any atom is 0.416 e. The smallest absolute Gasteiger partial charge is 0.368 e. The molecule has 1 aromatic heterocycles. The van der Waals surface area contributed by atoms with Gasteiger partial charge < -0.3 is 11.1 Å². The number of benzene rings is 1. The van der Waals surface area contributed by atoms with Gasteiger partial charge in [0.25, 0.3) is 0 Å². The second kappa shape index (κ2) is 5.12. The minimum absolute atomic E-state index is 0.0678. The van der Waals surface area contributed by atoms with E-state index in [1.54, 1.807) is 0 Å². The molecule has 0 radical (unpaired) electrons. The van der Waals surface area contributed by atoms with Crippen LogP contribution in [0.5, 0.6) is 0 Å². The highest BCUT2D eigenvalue weighted by Crippen LogP contribution is 2.34. The standard InChI is InChI=1S/C11H7ClF4N4/c12-6-1-5(11(14,15)16)2-7(3-6)19-9-8(13)4-18-10(17)20-9/h1-4H,(H3,17,18,19,20). The van der Waals surface area contributed by atoms with Gasteiger partial charge in [-0.3, -0.25) is 0 Å². The monoisotopic (exact) mass is 306 g/mol. The second-order valence-corrected chi connectivity index (χ2v) is 4.21. The second-order valence-electron chi connectivity index (χ2n) is 3.78. The zero-order valence-corrected chi connectivity index (χ0v) is 10.4. The molecule has 0 saturated heterocycles. The maximum atomic E-state index is 13.4. The summed E-state index contributed by atoms with van der Waals surface area (Å²) in [6, 6.07) is 2.75. The van der Waals surface area contributed by atoms with Crippen LogP contribution < -0.4 is 11.1 Å². The van der Waals surface area contributed by atoms with Crippen LogP contribution in [0.3, 0.4) is 0 Å². The van der Waals surface area contributed by atoms with Gasteiger partial charge in [0.15, 0.2) is 11.6 Å². The molecule has 9 heteroatoms. The van der Waals surface area contributed by atoms with E-state index in [0.29, 0.717) is 0 Å². The van der Waals surface area contributed by atoms with Gasteiger partial charge in [-0.05, 0) is 18.2 Å². The number of hydrogen-bond acceptors (Lipinski definition) is 4. The normalized spacial score (nSPS) is 11.4. The molecule has 0 spiro atoms. The Hall–Kier alpha value is -2.09. The van der Waals surface area contributed by atoms with Gasteiger partial charge in [0.05, 0.1) is 11.8 Å². The molecule has 2 aromatic rings. The molecule has 0 bridgehead atoms. The number of rotatable bonds is 2. The third-order valence-electron chi connectivity index (χ3n) is 2.25. The predicted octanol–water partition coefficient (Wildman–Crippen LogP) is 3.61. The molecule has 0 saturated carbocycles. The molecule has 0 aliphatic heterocycles. The van der Waals surface area contributed by atoms with E-state index in [4.69, 9.17) is 17.3 Å². The number of alkyl halides is 3. The van der Waals surface area contributed by atoms with Gasteiger partial charge >= 0.3 is 6.18 Å². The molecule has 20 heavy (non-hydrogen) atoms. The lowest BCUT2D eigenvalue weighted by Gasteiger charge is -2.11. The Morgan fingerprint density at radius 1 is 1.20 bits per heavy atom. The van der Waals surface area contributed by atoms with Gasteiger partial charge in [-0.25, -0.2) is 9.37 Å². The van der Waals surface area contributed by atoms with Crippen molar-refractivity contribution in [2.45, 2.75) is 6.18 Å². The average Bonchev–Trinajstić information content (AvgIpc) is 2.32. The highest BCUT2D eigenvalue weighted by molar-refractivity contribution is 6.31. The Morgan fingerprint density at radius 3 is 2.55 bits per heavy atom. The molecule has 106 valence electrons. The molecule has 1 aromatic carbocycles. The Balaban J connectivity index is 2.39. The van der Waals surface area contributed by atoms with Crippen molar-refractivity contribution < 1.29 is 17.6 Å². The van der Waals surface area contributed by atoms with Gasteiger partial charge in [-0.2, -0.15) is 18.2 Å². The minimum atomic E-state index is -4.56. The van der Waals surface area contributed by atoms with Crippen molar-refractivity contribution in [2.75, 3.05) is 11.1 Å². The van der Waals surface area contributed by atoms with Crippen molar-refractivity contribution in [3.05, 3.63) is 40.8 Å². The first kappa shape index (κ1) is 14.3. The van der Waals surface area contributed by atoms with Crippen molar-refractivity contribution in [2.24, 2.45) is 0 Å². The van der Waals surface area contributed by atoms with Crippen LogP contribution in [0, 0.1) is 5.82 Å². The Labute approximate surface area is 115 Å². The largest absolute Gasteiger partial charge is 0.416 e. The predicted molar refractivity (Wildman–Crippen MR) is 66.1 cm³/mol. The van der Waals surface area contributed by atoms with E-state index >= 15 is 0 Å². The van der Waals surface area contributed by atoms with Crippen LogP contribution >= 0.6 is 11.6 Å². The first-order chi connectivity index (χ1) is 9.25. The van der Waals surface area contributed by atoms with E-state index in [1.807, 2.05) is 0 Å². The van der Waals surface area contributed by atoms with E-state index in [9.17, 15) is 17.6 Å². The fraction of sp³-hybridized carbons (Fsp3) is 0.0909. The third-order valence-corrected chi connectivity index (χ3v) is 2.47. The topological polar surface area (TPSA) is 63.8 Å². The van der Waals surface area contributed by atoms with E-state index in [1.165, 1.54) is 6.07 Å². The first-order valence-electron chi connectivity index (χ1n) is 5.18. The zero-order chi connectivity index (χ0) is 14.9. The van der Waals surface area contributed by atoms with E-state index < -0.39 is 17.6 Å². The highest BCUT2D eigenvalue weighted by atomic mass is 35.5. The van der Waals surface area contributed by atoms with E-state index in [2.05, 4.69) is 15.3 Å². The van der Waals surface area contributed by atoms with Crippen molar-refractivity contribution in [3.63, 3.8) is 0 Å². The summed E-state index contributed by atoms with van der Waals surface area (Å²) in [5.41, 5.74) is 4.24. The molecule has 0 unspecified atom stereocenters. The SMILES string of the molecule is Nc1ncc(F)c(Nc2cc(Cl)cc(C(F)(F)F)c2)n1. The lowest BCUT2D eigenvalue weighted by molar-refractivity contribution is -0.137. The fourth-order valence-electron chi connectivity index (χ4n) is 1.43. The van der Waals surface area contributed by atoms with Gasteiger partial charge in [0.2, 0.25) is 5.95 Å². The van der Waals surface area contributed by atoms with Crippen molar-refractivity contribution in [1.29, 1.82) is 0 Å². The Morgan fingerprint density at radius 2 is 1.90 bits per heavy atom. The van der Waals surface area contributed by atoms with Gasteiger partial charge in [-0.15, -0.1) is 0 Å². The summed E-state index contributed by atoms with van der Waals surface area (Å²) < 4.78 is 51.3. The number of aromatic nitrogens is 2. The quantitative estimate of drug-likeness (QED) is 0.832. The van der Waals surface area contributed by atoms with Crippen LogP contribution in [-0.2, 0) is 6.18 Å². The fourth-order valence-corrected chi connectivity index (χ4v) is 1.67. The molecule has 2 rings (SSSR count). The van der Waals surface area contributed by atoms with Crippen molar-refractivity contribution >= 4 is 29.1 Å². The van der Waals surface area contributed by atoms with Crippen molar-refractivity contribution in [1.82, 2.24) is 9.97 Å². The molecule has 3 N–H and O–H groups in total. The molecule has 0 aliphatic carbocycles. The summed E-state index contributed by atoms with van der Waals surface area (Å²) in [6.45, 7) is 0. The maximum absolute atomic E-state index is 13.4. The summed E-state index contributed by atoms with van der Waals surface area (Å²) in [7, 11) is 0. The summed E-state index contributed by atoms with van der Waals surface area (Å²) in [6.07, 6.45) is -3.76. The number of nitrogens with two attached hydrogens (primary N) is 1. The number of nitrogen functional groups attached to an aromatic ring is 1. The number of anilines is 3. The van der Waals surface area contributed by atoms with Crippen LogP contribution in [0.4, 0.5) is 35.0 Å². The molecule has 0 amide bonds. The van der Waals surface area contributed by atoms with Crippen LogP contribution in [0.1, 0.15) is 5.56 Å². The molecule has 0 fully saturated rings. The lowest BCUT2D eigenvalue weighted by atomic mass is 10.2. The zero-order valence-electron chi connectivity index (χ0n) is 9.67. The highest BCUT2D eigenvalue weighted by Gasteiger charge is 2.31. The number of hydrogen-bond donors (Lipinski definition) is 2. The molecular weight excluding hydrogens is 300 g/mol. The number of nitrogens with one attached hydrogen (secondary N) is 1. The van der Waals surface area contributed by atoms with Crippen LogP contribution in [0.15, 0.2) is 24.4 Å². The summed E-state index contributed by atoms with van der Waals surface area (Å²) in [5, 5.41) is 2.23. The Bertz CT molecular complexity index is 645. The molecule has 0 aliphatic rings. The average molecular weight is 307 g/mol. The summed E-state index contributed by atoms with van der Waals surface area (Å²) in [4.78, 5) is 6.95. The van der Waals surface area contributed by atoms with Crippen LogP contribution in [0.25, 0.3) is 0 Å². The van der Waals surface area contributed by atoms with Gasteiger partial charge in [0, 0.05) is 10.7 Å². The molecule has 1 heterocycles. The van der Waals surface area contributed by atoms with Crippen LogP contribution in [-0.4, -0.2) is 9.97 Å². The first-order valence-corrected chi connectivity index (χ1v) is 5.56. The summed E-state index contributed by atoms with van der Waals surface area (Å²) >= 11 is 5.60. The lowest BCUT2D eigenvalue weighted by Crippen LogP contribution is -2.07. The van der Waals surface area contributed by atoms with E-state index in [-0.39, 0.29) is 22.5 Å². The van der Waals surface area contributed by atoms with E-state index in [0.717, 1.165) is 18.3 Å². The number of halogens is 5. The third kappa shape index (κ3) is 3.27. The molecule has 0 atom stereocenters. The minimum Gasteiger partial charge on any atom is -0.368 e. The molecular formula is C11H7ClF4N4.